The molecule has 0 saturated carbocycles. The van der Waals surface area contributed by atoms with E-state index in [4.69, 9.17) is 16.3 Å². The van der Waals surface area contributed by atoms with Crippen LogP contribution in [0.3, 0.4) is 0 Å². The maximum Gasteiger partial charge on any atom is 0.153 e. The molecule has 0 aliphatic carbocycles. The molecule has 0 atom stereocenters. The lowest BCUT2D eigenvalue weighted by molar-refractivity contribution is 0.112. The fourth-order valence-corrected chi connectivity index (χ4v) is 2.71. The Balaban J connectivity index is 2.10. The monoisotopic (exact) mass is 267 g/mol. The predicted octanol–water partition coefficient (Wildman–Crippen LogP) is 3.02. The van der Waals surface area contributed by atoms with Crippen LogP contribution in [-0.2, 0) is 4.74 Å². The fourth-order valence-electron chi connectivity index (χ4n) is 2.49. The topological polar surface area (TPSA) is 29.5 Å². The van der Waals surface area contributed by atoms with Gasteiger partial charge in [0.15, 0.2) is 6.29 Å². The Morgan fingerprint density at radius 2 is 2.17 bits per heavy atom. The maximum absolute atomic E-state index is 11.1. The van der Waals surface area contributed by atoms with E-state index >= 15 is 0 Å². The summed E-state index contributed by atoms with van der Waals surface area (Å²) >= 11 is 6.05. The van der Waals surface area contributed by atoms with Crippen LogP contribution in [-0.4, -0.2) is 33.1 Å². The van der Waals surface area contributed by atoms with Crippen LogP contribution in [0.2, 0.25) is 5.02 Å². The number of hydrogen-bond donors (Lipinski definition) is 0. The molecule has 0 aromatic heterocycles. The zero-order valence-corrected chi connectivity index (χ0v) is 11.3. The van der Waals surface area contributed by atoms with E-state index in [-0.39, 0.29) is 0 Å². The normalized spacial score (nSPS) is 16.9. The zero-order valence-electron chi connectivity index (χ0n) is 10.6. The quantitative estimate of drug-likeness (QED) is 0.786. The van der Waals surface area contributed by atoms with Crippen molar-refractivity contribution in [2.45, 2.75) is 12.8 Å². The summed E-state index contributed by atoms with van der Waals surface area (Å²) < 4.78 is 5.19. The second kappa shape index (κ2) is 6.21. The molecule has 1 aliphatic rings. The average Bonchev–Trinajstić information content (AvgIpc) is 2.40. The van der Waals surface area contributed by atoms with Gasteiger partial charge in [-0.2, -0.15) is 0 Å². The summed E-state index contributed by atoms with van der Waals surface area (Å²) in [6.45, 7) is 2.73. The first-order valence-corrected chi connectivity index (χ1v) is 6.61. The lowest BCUT2D eigenvalue weighted by Crippen LogP contribution is -2.35. The molecule has 1 aromatic rings. The van der Waals surface area contributed by atoms with Crippen molar-refractivity contribution in [2.24, 2.45) is 5.92 Å². The van der Waals surface area contributed by atoms with E-state index in [2.05, 4.69) is 4.90 Å². The van der Waals surface area contributed by atoms with Crippen LogP contribution in [0, 0.1) is 5.92 Å². The third-order valence-electron chi connectivity index (χ3n) is 3.51. The van der Waals surface area contributed by atoms with Gasteiger partial charge >= 0.3 is 0 Å². The van der Waals surface area contributed by atoms with Crippen molar-refractivity contribution >= 4 is 23.6 Å². The standard InChI is InChI=1S/C14H18ClNO2/c1-18-10-11-5-7-16(8-6-11)14-4-2-3-13(15)12(14)9-17/h2-4,9,11H,5-8,10H2,1H3. The summed E-state index contributed by atoms with van der Waals surface area (Å²) in [5.74, 6) is 0.630. The third-order valence-corrected chi connectivity index (χ3v) is 3.83. The van der Waals surface area contributed by atoms with E-state index in [0.717, 1.165) is 44.5 Å². The Kier molecular flexibility index (Phi) is 4.61. The fraction of sp³-hybridized carbons (Fsp3) is 0.500. The van der Waals surface area contributed by atoms with Crippen molar-refractivity contribution in [3.05, 3.63) is 28.8 Å². The van der Waals surface area contributed by atoms with Gasteiger partial charge in [-0.1, -0.05) is 17.7 Å². The van der Waals surface area contributed by atoms with Gasteiger partial charge < -0.3 is 9.64 Å². The molecule has 4 heteroatoms. The number of aldehydes is 1. The van der Waals surface area contributed by atoms with Gasteiger partial charge in [0.2, 0.25) is 0 Å². The molecule has 3 nitrogen and oxygen atoms in total. The molecule has 0 N–H and O–H groups in total. The summed E-state index contributed by atoms with van der Waals surface area (Å²) in [6.07, 6.45) is 3.04. The van der Waals surface area contributed by atoms with Gasteiger partial charge in [-0.3, -0.25) is 4.79 Å². The first-order valence-electron chi connectivity index (χ1n) is 6.24. The number of piperidine rings is 1. The molecule has 2 rings (SSSR count). The summed E-state index contributed by atoms with van der Waals surface area (Å²) in [5, 5.41) is 0.529. The Hall–Kier alpha value is -1.06. The molecule has 1 saturated heterocycles. The van der Waals surface area contributed by atoms with Crippen LogP contribution >= 0.6 is 11.6 Å². The Morgan fingerprint density at radius 3 is 2.78 bits per heavy atom. The number of carbonyl (C=O) groups excluding carboxylic acids is 1. The maximum atomic E-state index is 11.1. The highest BCUT2D eigenvalue weighted by molar-refractivity contribution is 6.33. The number of ether oxygens (including phenoxy) is 1. The van der Waals surface area contributed by atoms with Gasteiger partial charge in [-0.25, -0.2) is 0 Å². The molecular formula is C14H18ClNO2. The second-order valence-electron chi connectivity index (χ2n) is 4.68. The summed E-state index contributed by atoms with van der Waals surface area (Å²) in [6, 6.07) is 5.62. The van der Waals surface area contributed by atoms with Crippen molar-refractivity contribution in [1.82, 2.24) is 0 Å². The van der Waals surface area contributed by atoms with E-state index < -0.39 is 0 Å². The highest BCUT2D eigenvalue weighted by Gasteiger charge is 2.21. The van der Waals surface area contributed by atoms with Crippen LogP contribution in [0.4, 0.5) is 5.69 Å². The lowest BCUT2D eigenvalue weighted by Gasteiger charge is -2.34. The van der Waals surface area contributed by atoms with E-state index in [9.17, 15) is 4.79 Å². The molecule has 18 heavy (non-hydrogen) atoms. The number of halogens is 1. The molecule has 0 amide bonds. The van der Waals surface area contributed by atoms with E-state index in [0.29, 0.717) is 16.5 Å². The van der Waals surface area contributed by atoms with Gasteiger partial charge in [0, 0.05) is 32.5 Å². The molecule has 0 unspecified atom stereocenters. The number of benzene rings is 1. The largest absolute Gasteiger partial charge is 0.384 e. The molecular weight excluding hydrogens is 250 g/mol. The van der Waals surface area contributed by atoms with Crippen LogP contribution in [0.25, 0.3) is 0 Å². The molecule has 98 valence electrons. The van der Waals surface area contributed by atoms with Crippen molar-refractivity contribution in [1.29, 1.82) is 0 Å². The minimum Gasteiger partial charge on any atom is -0.384 e. The first-order chi connectivity index (χ1) is 8.76. The SMILES string of the molecule is COCC1CCN(c2cccc(Cl)c2C=O)CC1. The highest BCUT2D eigenvalue weighted by atomic mass is 35.5. The minimum atomic E-state index is 0.529. The number of nitrogens with zero attached hydrogens (tertiary/aromatic N) is 1. The average molecular weight is 268 g/mol. The smallest absolute Gasteiger partial charge is 0.153 e. The molecule has 1 aliphatic heterocycles. The van der Waals surface area contributed by atoms with Crippen molar-refractivity contribution in [3.8, 4) is 0 Å². The van der Waals surface area contributed by atoms with Crippen LogP contribution < -0.4 is 4.90 Å². The van der Waals surface area contributed by atoms with Crippen LogP contribution in [0.1, 0.15) is 23.2 Å². The number of carbonyl (C=O) groups is 1. The zero-order chi connectivity index (χ0) is 13.0. The summed E-state index contributed by atoms with van der Waals surface area (Å²) in [5.41, 5.74) is 1.55. The van der Waals surface area contributed by atoms with Gasteiger partial charge in [-0.05, 0) is 30.9 Å². The van der Waals surface area contributed by atoms with Crippen molar-refractivity contribution in [3.63, 3.8) is 0 Å². The minimum absolute atomic E-state index is 0.529. The summed E-state index contributed by atoms with van der Waals surface area (Å²) in [4.78, 5) is 13.4. The van der Waals surface area contributed by atoms with E-state index in [1.54, 1.807) is 13.2 Å². The molecule has 1 fully saturated rings. The second-order valence-corrected chi connectivity index (χ2v) is 5.08. The molecule has 1 aromatic carbocycles. The predicted molar refractivity (Wildman–Crippen MR) is 73.7 cm³/mol. The van der Waals surface area contributed by atoms with E-state index in [1.165, 1.54) is 0 Å². The third kappa shape index (κ3) is 2.85. The molecule has 0 bridgehead atoms. The van der Waals surface area contributed by atoms with Crippen molar-refractivity contribution < 1.29 is 9.53 Å². The molecule has 0 spiro atoms. The van der Waals surface area contributed by atoms with Gasteiger partial charge in [-0.15, -0.1) is 0 Å². The number of anilines is 1. The van der Waals surface area contributed by atoms with Crippen LogP contribution in [0.5, 0.6) is 0 Å². The van der Waals surface area contributed by atoms with Crippen molar-refractivity contribution in [2.75, 3.05) is 31.7 Å². The Morgan fingerprint density at radius 1 is 1.44 bits per heavy atom. The first kappa shape index (κ1) is 13.4. The Labute approximate surface area is 113 Å². The van der Waals surface area contributed by atoms with Gasteiger partial charge in [0.05, 0.1) is 10.6 Å². The van der Waals surface area contributed by atoms with Crippen LogP contribution in [0.15, 0.2) is 18.2 Å². The van der Waals surface area contributed by atoms with E-state index in [1.807, 2.05) is 12.1 Å². The Bertz CT molecular complexity index is 414. The van der Waals surface area contributed by atoms with Gasteiger partial charge in [0.1, 0.15) is 0 Å². The lowest BCUT2D eigenvalue weighted by atomic mass is 9.97. The number of methoxy groups -OCH3 is 1. The molecule has 1 heterocycles. The number of rotatable bonds is 4. The highest BCUT2D eigenvalue weighted by Crippen LogP contribution is 2.29. The molecule has 0 radical (unpaired) electrons. The number of hydrogen-bond acceptors (Lipinski definition) is 3. The van der Waals surface area contributed by atoms with Gasteiger partial charge in [0.25, 0.3) is 0 Å². The summed E-state index contributed by atoms with van der Waals surface area (Å²) in [7, 11) is 1.74.